The van der Waals surface area contributed by atoms with Crippen molar-refractivity contribution >= 4 is 5.91 Å². The zero-order chi connectivity index (χ0) is 15.7. The highest BCUT2D eigenvalue weighted by atomic mass is 19.4. The van der Waals surface area contributed by atoms with Gasteiger partial charge in [-0.2, -0.15) is 18.2 Å². The van der Waals surface area contributed by atoms with Crippen LogP contribution in [0.5, 0.6) is 0 Å². The van der Waals surface area contributed by atoms with Crippen molar-refractivity contribution in [2.45, 2.75) is 31.5 Å². The third kappa shape index (κ3) is 3.12. The van der Waals surface area contributed by atoms with Crippen molar-refractivity contribution in [2.75, 3.05) is 6.54 Å². The second-order valence-corrected chi connectivity index (χ2v) is 5.05. The smallest absolute Gasteiger partial charge is 0.350 e. The SMILES string of the molecule is O=C(NCCc1noc(C(F)(F)F)n1)c1cccn1C1CC1. The zero-order valence-electron chi connectivity index (χ0n) is 11.4. The van der Waals surface area contributed by atoms with E-state index >= 15 is 0 Å². The highest BCUT2D eigenvalue weighted by Crippen LogP contribution is 2.35. The summed E-state index contributed by atoms with van der Waals surface area (Å²) in [6.07, 6.45) is -0.632. The number of halogens is 3. The van der Waals surface area contributed by atoms with Gasteiger partial charge in [-0.1, -0.05) is 5.16 Å². The van der Waals surface area contributed by atoms with Gasteiger partial charge in [-0.05, 0) is 25.0 Å². The number of carbonyl (C=O) groups is 1. The van der Waals surface area contributed by atoms with Gasteiger partial charge in [-0.15, -0.1) is 0 Å². The Morgan fingerprint density at radius 2 is 2.23 bits per heavy atom. The summed E-state index contributed by atoms with van der Waals surface area (Å²) in [7, 11) is 0. The summed E-state index contributed by atoms with van der Waals surface area (Å²) in [5.41, 5.74) is 0.548. The molecule has 1 aliphatic rings. The molecule has 6 nitrogen and oxygen atoms in total. The average Bonchev–Trinajstić information content (AvgIpc) is 3.00. The van der Waals surface area contributed by atoms with E-state index in [1.165, 1.54) is 0 Å². The first kappa shape index (κ1) is 14.6. The van der Waals surface area contributed by atoms with Crippen molar-refractivity contribution in [3.63, 3.8) is 0 Å². The molecule has 1 aliphatic carbocycles. The fourth-order valence-electron chi connectivity index (χ4n) is 2.11. The van der Waals surface area contributed by atoms with Crippen LogP contribution in [0.25, 0.3) is 0 Å². The Balaban J connectivity index is 1.53. The summed E-state index contributed by atoms with van der Waals surface area (Å²) < 4.78 is 42.9. The molecular weight excluding hydrogens is 301 g/mol. The predicted molar refractivity (Wildman–Crippen MR) is 68.0 cm³/mol. The lowest BCUT2D eigenvalue weighted by Gasteiger charge is -2.07. The van der Waals surface area contributed by atoms with Crippen molar-refractivity contribution < 1.29 is 22.5 Å². The molecule has 3 rings (SSSR count). The third-order valence-electron chi connectivity index (χ3n) is 3.30. The number of aromatic nitrogens is 3. The fourth-order valence-corrected chi connectivity index (χ4v) is 2.11. The minimum Gasteiger partial charge on any atom is -0.350 e. The van der Waals surface area contributed by atoms with Crippen LogP contribution in [0.1, 0.15) is 41.1 Å². The molecule has 0 aliphatic heterocycles. The average molecular weight is 314 g/mol. The monoisotopic (exact) mass is 314 g/mol. The molecule has 2 aromatic rings. The molecule has 22 heavy (non-hydrogen) atoms. The zero-order valence-corrected chi connectivity index (χ0v) is 11.4. The van der Waals surface area contributed by atoms with Crippen LogP contribution in [-0.2, 0) is 12.6 Å². The molecule has 9 heteroatoms. The molecule has 0 unspecified atom stereocenters. The minimum atomic E-state index is -4.65. The Bertz CT molecular complexity index is 673. The van der Waals surface area contributed by atoms with Gasteiger partial charge < -0.3 is 14.4 Å². The van der Waals surface area contributed by atoms with E-state index in [4.69, 9.17) is 0 Å². The van der Waals surface area contributed by atoms with Crippen LogP contribution in [0.4, 0.5) is 13.2 Å². The van der Waals surface area contributed by atoms with E-state index in [1.54, 1.807) is 12.1 Å². The molecule has 1 N–H and O–H groups in total. The van der Waals surface area contributed by atoms with Crippen molar-refractivity contribution in [1.29, 1.82) is 0 Å². The second kappa shape index (κ2) is 5.47. The van der Waals surface area contributed by atoms with Crippen LogP contribution in [0.2, 0.25) is 0 Å². The van der Waals surface area contributed by atoms with Crippen molar-refractivity contribution in [3.8, 4) is 0 Å². The Labute approximate surface area is 123 Å². The first-order chi connectivity index (χ1) is 10.4. The summed E-state index contributed by atoms with van der Waals surface area (Å²) in [6.45, 7) is 0.130. The van der Waals surface area contributed by atoms with Gasteiger partial charge in [0.2, 0.25) is 0 Å². The molecule has 0 bridgehead atoms. The number of hydrogen-bond donors (Lipinski definition) is 1. The van der Waals surface area contributed by atoms with Crippen LogP contribution in [0, 0.1) is 0 Å². The predicted octanol–water partition coefficient (Wildman–Crippen LogP) is 2.20. The topological polar surface area (TPSA) is 73.0 Å². The summed E-state index contributed by atoms with van der Waals surface area (Å²) in [4.78, 5) is 15.3. The van der Waals surface area contributed by atoms with Gasteiger partial charge >= 0.3 is 12.1 Å². The molecule has 1 saturated carbocycles. The van der Waals surface area contributed by atoms with Gasteiger partial charge in [0.25, 0.3) is 5.91 Å². The molecule has 0 spiro atoms. The van der Waals surface area contributed by atoms with Gasteiger partial charge in [-0.25, -0.2) is 0 Å². The lowest BCUT2D eigenvalue weighted by Crippen LogP contribution is -2.27. The molecule has 1 fully saturated rings. The maximum absolute atomic E-state index is 12.3. The number of carbonyl (C=O) groups excluding carboxylic acids is 1. The van der Waals surface area contributed by atoms with Crippen molar-refractivity contribution in [1.82, 2.24) is 20.0 Å². The van der Waals surface area contributed by atoms with Gasteiger partial charge in [0, 0.05) is 25.2 Å². The lowest BCUT2D eigenvalue weighted by molar-refractivity contribution is -0.159. The Hall–Kier alpha value is -2.32. The Morgan fingerprint density at radius 3 is 2.86 bits per heavy atom. The summed E-state index contributed by atoms with van der Waals surface area (Å²) in [5, 5.41) is 5.88. The summed E-state index contributed by atoms with van der Waals surface area (Å²) in [6, 6.07) is 3.88. The van der Waals surface area contributed by atoms with Crippen molar-refractivity contribution in [3.05, 3.63) is 35.7 Å². The standard InChI is InChI=1S/C13H13F3N4O2/c14-13(15,16)12-18-10(19-22-12)5-6-17-11(21)9-2-1-7-20(9)8-3-4-8/h1-2,7-8H,3-6H2,(H,17,21). The van der Waals surface area contributed by atoms with Gasteiger partial charge in [0.15, 0.2) is 5.82 Å². The fraction of sp³-hybridized carbons (Fsp3) is 0.462. The highest BCUT2D eigenvalue weighted by molar-refractivity contribution is 5.92. The molecule has 0 aromatic carbocycles. The van der Waals surface area contributed by atoms with E-state index in [1.807, 2.05) is 10.8 Å². The summed E-state index contributed by atoms with van der Waals surface area (Å²) in [5.74, 6) is -1.74. The minimum absolute atomic E-state index is 0.0649. The van der Waals surface area contributed by atoms with E-state index in [-0.39, 0.29) is 24.7 Å². The van der Waals surface area contributed by atoms with Crippen LogP contribution < -0.4 is 5.32 Å². The second-order valence-electron chi connectivity index (χ2n) is 5.05. The normalized spacial score (nSPS) is 15.0. The summed E-state index contributed by atoms with van der Waals surface area (Å²) >= 11 is 0. The van der Waals surface area contributed by atoms with Gasteiger partial charge in [0.1, 0.15) is 5.69 Å². The number of hydrogen-bond acceptors (Lipinski definition) is 4. The number of rotatable bonds is 5. The lowest BCUT2D eigenvalue weighted by atomic mass is 10.3. The number of alkyl halides is 3. The molecule has 1 amide bonds. The van der Waals surface area contributed by atoms with Gasteiger partial charge in [0.05, 0.1) is 0 Å². The third-order valence-corrected chi connectivity index (χ3v) is 3.30. The first-order valence-electron chi connectivity index (χ1n) is 6.80. The van der Waals surface area contributed by atoms with Crippen LogP contribution in [-0.4, -0.2) is 27.2 Å². The van der Waals surface area contributed by atoms with E-state index in [0.29, 0.717) is 11.7 Å². The van der Waals surface area contributed by atoms with E-state index < -0.39 is 12.1 Å². The number of nitrogens with one attached hydrogen (secondary N) is 1. The number of amides is 1. The molecule has 0 atom stereocenters. The molecule has 0 radical (unpaired) electrons. The van der Waals surface area contributed by atoms with E-state index in [9.17, 15) is 18.0 Å². The molecule has 0 saturated heterocycles. The molecule has 118 valence electrons. The van der Waals surface area contributed by atoms with Crippen molar-refractivity contribution in [2.24, 2.45) is 0 Å². The van der Waals surface area contributed by atoms with E-state index in [2.05, 4.69) is 20.0 Å². The van der Waals surface area contributed by atoms with Crippen LogP contribution in [0.15, 0.2) is 22.9 Å². The van der Waals surface area contributed by atoms with E-state index in [0.717, 1.165) is 12.8 Å². The highest BCUT2D eigenvalue weighted by Gasteiger charge is 2.38. The maximum Gasteiger partial charge on any atom is 0.471 e. The Morgan fingerprint density at radius 1 is 1.45 bits per heavy atom. The molecule has 2 aromatic heterocycles. The largest absolute Gasteiger partial charge is 0.471 e. The van der Waals surface area contributed by atoms with Crippen LogP contribution >= 0.6 is 0 Å². The van der Waals surface area contributed by atoms with Gasteiger partial charge in [-0.3, -0.25) is 4.79 Å². The van der Waals surface area contributed by atoms with Crippen LogP contribution in [0.3, 0.4) is 0 Å². The maximum atomic E-state index is 12.3. The number of nitrogens with zero attached hydrogens (tertiary/aromatic N) is 3. The quantitative estimate of drug-likeness (QED) is 0.918. The molecular formula is C13H13F3N4O2. The first-order valence-corrected chi connectivity index (χ1v) is 6.80. The Kier molecular flexibility index (Phi) is 3.63. The molecule has 2 heterocycles.